The maximum atomic E-state index is 12.3. The second-order valence-corrected chi connectivity index (χ2v) is 9.09. The molecule has 4 heterocycles. The van der Waals surface area contributed by atoms with Crippen molar-refractivity contribution >= 4 is 11.8 Å². The van der Waals surface area contributed by atoms with Crippen molar-refractivity contribution in [2.45, 2.75) is 50.4 Å². The molecule has 0 aliphatic carbocycles. The molecule has 5 nitrogen and oxygen atoms in total. The highest BCUT2D eigenvalue weighted by atomic mass is 32.2. The van der Waals surface area contributed by atoms with E-state index in [1.54, 1.807) is 4.68 Å². The standard InChI is InChI=1S/C19H30N4OS/c1-21-7-3-2-4-17(21)5-8-22-11-15(12-22)13-23-19(24)10-16-14-25-9-6-18(16)20-23/h10,15,17H,2-9,11-14H2,1H3. The van der Waals surface area contributed by atoms with Crippen LogP contribution in [0.4, 0.5) is 0 Å². The number of hydrogen-bond donors (Lipinski definition) is 0. The summed E-state index contributed by atoms with van der Waals surface area (Å²) in [5.74, 6) is 2.67. The zero-order chi connectivity index (χ0) is 17.2. The largest absolute Gasteiger partial charge is 0.303 e. The minimum Gasteiger partial charge on any atom is -0.303 e. The second-order valence-electron chi connectivity index (χ2n) is 7.98. The van der Waals surface area contributed by atoms with Crippen LogP contribution in [0.3, 0.4) is 0 Å². The number of fused-ring (bicyclic) bond motifs is 1. The molecular weight excluding hydrogens is 332 g/mol. The van der Waals surface area contributed by atoms with E-state index in [-0.39, 0.29) is 5.56 Å². The summed E-state index contributed by atoms with van der Waals surface area (Å²) in [6.07, 6.45) is 6.41. The fourth-order valence-corrected chi connectivity index (χ4v) is 5.40. The molecule has 0 N–H and O–H groups in total. The van der Waals surface area contributed by atoms with E-state index < -0.39 is 0 Å². The first-order chi connectivity index (χ1) is 12.2. The number of thioether (sulfide) groups is 1. The van der Waals surface area contributed by atoms with Crippen LogP contribution in [0.1, 0.15) is 36.9 Å². The normalized spacial score (nSPS) is 25.6. The summed E-state index contributed by atoms with van der Waals surface area (Å²) in [6.45, 7) is 5.50. The summed E-state index contributed by atoms with van der Waals surface area (Å²) in [7, 11) is 2.27. The molecule has 1 atom stereocenters. The molecule has 3 aliphatic heterocycles. The van der Waals surface area contributed by atoms with Crippen LogP contribution in [0.2, 0.25) is 0 Å². The van der Waals surface area contributed by atoms with Crippen LogP contribution in [0, 0.1) is 5.92 Å². The molecule has 138 valence electrons. The van der Waals surface area contributed by atoms with Crippen molar-refractivity contribution in [3.05, 3.63) is 27.7 Å². The lowest BCUT2D eigenvalue weighted by atomic mass is 9.96. The minimum absolute atomic E-state index is 0.0866. The summed E-state index contributed by atoms with van der Waals surface area (Å²) in [4.78, 5) is 17.4. The summed E-state index contributed by atoms with van der Waals surface area (Å²) >= 11 is 1.90. The average molecular weight is 363 g/mol. The van der Waals surface area contributed by atoms with E-state index in [1.807, 2.05) is 17.8 Å². The van der Waals surface area contributed by atoms with E-state index in [1.165, 1.54) is 38.8 Å². The van der Waals surface area contributed by atoms with Crippen molar-refractivity contribution < 1.29 is 0 Å². The number of nitrogens with zero attached hydrogens (tertiary/aromatic N) is 4. The van der Waals surface area contributed by atoms with Crippen LogP contribution >= 0.6 is 11.8 Å². The molecule has 3 aliphatic rings. The van der Waals surface area contributed by atoms with Crippen LogP contribution in [-0.4, -0.2) is 64.6 Å². The lowest BCUT2D eigenvalue weighted by Crippen LogP contribution is -2.51. The molecule has 1 unspecified atom stereocenters. The highest BCUT2D eigenvalue weighted by Crippen LogP contribution is 2.23. The van der Waals surface area contributed by atoms with Crippen molar-refractivity contribution in [3.8, 4) is 0 Å². The first-order valence-electron chi connectivity index (χ1n) is 9.79. The summed E-state index contributed by atoms with van der Waals surface area (Å²) in [5, 5.41) is 4.65. The van der Waals surface area contributed by atoms with E-state index >= 15 is 0 Å². The highest BCUT2D eigenvalue weighted by Gasteiger charge is 2.29. The lowest BCUT2D eigenvalue weighted by Gasteiger charge is -2.41. The van der Waals surface area contributed by atoms with E-state index in [4.69, 9.17) is 0 Å². The molecule has 0 radical (unpaired) electrons. The Morgan fingerprint density at radius 2 is 2.20 bits per heavy atom. The molecule has 2 saturated heterocycles. The fourth-order valence-electron chi connectivity index (χ4n) is 4.44. The summed E-state index contributed by atoms with van der Waals surface area (Å²) < 4.78 is 1.73. The number of likely N-dealkylation sites (tertiary alicyclic amines) is 2. The van der Waals surface area contributed by atoms with Gasteiger partial charge in [0.1, 0.15) is 0 Å². The maximum absolute atomic E-state index is 12.3. The number of aryl methyl sites for hydroxylation is 1. The topological polar surface area (TPSA) is 41.4 Å². The zero-order valence-electron chi connectivity index (χ0n) is 15.3. The lowest BCUT2D eigenvalue weighted by molar-refractivity contribution is 0.0672. The molecule has 25 heavy (non-hydrogen) atoms. The monoisotopic (exact) mass is 362 g/mol. The number of piperidine rings is 1. The Morgan fingerprint density at radius 1 is 1.32 bits per heavy atom. The number of rotatable bonds is 5. The average Bonchev–Trinajstić information content (AvgIpc) is 2.58. The molecule has 6 heteroatoms. The van der Waals surface area contributed by atoms with E-state index in [2.05, 4.69) is 21.9 Å². The van der Waals surface area contributed by atoms with Crippen LogP contribution in [0.5, 0.6) is 0 Å². The zero-order valence-corrected chi connectivity index (χ0v) is 16.1. The van der Waals surface area contributed by atoms with Crippen LogP contribution in [0.25, 0.3) is 0 Å². The molecule has 0 aromatic carbocycles. The molecule has 0 amide bonds. The van der Waals surface area contributed by atoms with Gasteiger partial charge in [-0.1, -0.05) is 6.42 Å². The van der Waals surface area contributed by atoms with Crippen molar-refractivity contribution in [3.63, 3.8) is 0 Å². The fraction of sp³-hybridized carbons (Fsp3) is 0.789. The van der Waals surface area contributed by atoms with Gasteiger partial charge in [0.2, 0.25) is 0 Å². The number of hydrogen-bond acceptors (Lipinski definition) is 5. The molecule has 0 saturated carbocycles. The Bertz CT molecular complexity index is 655. The Hall–Kier alpha value is -0.850. The quantitative estimate of drug-likeness (QED) is 0.799. The van der Waals surface area contributed by atoms with Gasteiger partial charge in [-0.25, -0.2) is 4.68 Å². The van der Waals surface area contributed by atoms with Gasteiger partial charge in [0.05, 0.1) is 12.2 Å². The predicted octanol–water partition coefficient (Wildman–Crippen LogP) is 1.84. The molecule has 0 spiro atoms. The summed E-state index contributed by atoms with van der Waals surface area (Å²) in [5.41, 5.74) is 2.39. The van der Waals surface area contributed by atoms with Gasteiger partial charge in [-0.15, -0.1) is 0 Å². The third kappa shape index (κ3) is 4.12. The van der Waals surface area contributed by atoms with Gasteiger partial charge in [0, 0.05) is 43.3 Å². The molecule has 1 aromatic heterocycles. The first-order valence-corrected chi connectivity index (χ1v) is 10.9. The van der Waals surface area contributed by atoms with Crippen molar-refractivity contribution in [2.24, 2.45) is 5.92 Å². The van der Waals surface area contributed by atoms with E-state index in [0.29, 0.717) is 5.92 Å². The Balaban J connectivity index is 1.25. The van der Waals surface area contributed by atoms with Gasteiger partial charge >= 0.3 is 0 Å². The molecule has 2 fully saturated rings. The predicted molar refractivity (Wildman–Crippen MR) is 103 cm³/mol. The Morgan fingerprint density at radius 3 is 3.04 bits per heavy atom. The van der Waals surface area contributed by atoms with Crippen LogP contribution in [-0.2, 0) is 18.7 Å². The smallest absolute Gasteiger partial charge is 0.267 e. The van der Waals surface area contributed by atoms with Crippen LogP contribution in [0.15, 0.2) is 10.9 Å². The maximum Gasteiger partial charge on any atom is 0.267 e. The Labute approximate surface area is 154 Å². The SMILES string of the molecule is CN1CCCCC1CCN1CC(Cn2nc3c(cc2=O)CSCC3)C1. The van der Waals surface area contributed by atoms with Gasteiger partial charge in [-0.05, 0) is 50.7 Å². The Kier molecular flexibility index (Phi) is 5.48. The first kappa shape index (κ1) is 17.6. The third-order valence-electron chi connectivity index (χ3n) is 6.07. The number of aromatic nitrogens is 2. The van der Waals surface area contributed by atoms with Gasteiger partial charge < -0.3 is 9.80 Å². The molecule has 0 bridgehead atoms. The van der Waals surface area contributed by atoms with Crippen molar-refractivity contribution in [2.75, 3.05) is 39.0 Å². The van der Waals surface area contributed by atoms with E-state index in [0.717, 1.165) is 54.9 Å². The van der Waals surface area contributed by atoms with Gasteiger partial charge in [-0.2, -0.15) is 16.9 Å². The van der Waals surface area contributed by atoms with Crippen molar-refractivity contribution in [1.82, 2.24) is 19.6 Å². The van der Waals surface area contributed by atoms with E-state index in [9.17, 15) is 4.79 Å². The third-order valence-corrected chi connectivity index (χ3v) is 7.08. The molecule has 4 rings (SSSR count). The molecular formula is C19H30N4OS. The highest BCUT2D eigenvalue weighted by molar-refractivity contribution is 7.98. The minimum atomic E-state index is 0.0866. The van der Waals surface area contributed by atoms with Crippen LogP contribution < -0.4 is 5.56 Å². The van der Waals surface area contributed by atoms with Gasteiger partial charge in [-0.3, -0.25) is 4.79 Å². The van der Waals surface area contributed by atoms with Gasteiger partial charge in [0.25, 0.3) is 5.56 Å². The van der Waals surface area contributed by atoms with Gasteiger partial charge in [0.15, 0.2) is 0 Å². The second kappa shape index (κ2) is 7.80. The summed E-state index contributed by atoms with van der Waals surface area (Å²) in [6, 6.07) is 2.60. The van der Waals surface area contributed by atoms with Crippen molar-refractivity contribution in [1.29, 1.82) is 0 Å². The molecule has 1 aromatic rings.